The van der Waals surface area contributed by atoms with Crippen molar-refractivity contribution in [1.82, 2.24) is 5.32 Å². The van der Waals surface area contributed by atoms with Crippen LogP contribution in [0.3, 0.4) is 0 Å². The van der Waals surface area contributed by atoms with Crippen molar-refractivity contribution >= 4 is 11.6 Å². The zero-order valence-corrected chi connectivity index (χ0v) is 12.3. The summed E-state index contributed by atoms with van der Waals surface area (Å²) in [6, 6.07) is 15.1. The van der Waals surface area contributed by atoms with Crippen molar-refractivity contribution in [2.24, 2.45) is 0 Å². The van der Waals surface area contributed by atoms with Crippen LogP contribution in [-0.4, -0.2) is 26.2 Å². The standard InChI is InChI=1S/C17H18N2O3/c1-21-9-10-22-13-6-4-5-12(11-13)16-18-15-8-3-2-7-14(15)17(20)19-16/h2-8,11,16,18H,9-10H2,1H3,(H,19,20). The Morgan fingerprint density at radius 1 is 1.05 bits per heavy atom. The number of carbonyl (C=O) groups is 1. The molecule has 1 aliphatic rings. The summed E-state index contributed by atoms with van der Waals surface area (Å²) >= 11 is 0. The van der Waals surface area contributed by atoms with Crippen molar-refractivity contribution in [3.63, 3.8) is 0 Å². The van der Waals surface area contributed by atoms with Gasteiger partial charge in [0.2, 0.25) is 0 Å². The van der Waals surface area contributed by atoms with Crippen LogP contribution in [0.15, 0.2) is 48.5 Å². The van der Waals surface area contributed by atoms with Gasteiger partial charge in [-0.1, -0.05) is 24.3 Å². The highest BCUT2D eigenvalue weighted by atomic mass is 16.5. The number of carbonyl (C=O) groups excluding carboxylic acids is 1. The number of hydrogen-bond acceptors (Lipinski definition) is 4. The molecule has 0 radical (unpaired) electrons. The third kappa shape index (κ3) is 3.04. The van der Waals surface area contributed by atoms with Crippen LogP contribution >= 0.6 is 0 Å². The summed E-state index contributed by atoms with van der Waals surface area (Å²) in [6.07, 6.45) is -0.270. The van der Waals surface area contributed by atoms with Gasteiger partial charge in [-0.05, 0) is 29.8 Å². The molecule has 1 amide bonds. The SMILES string of the molecule is COCCOc1cccc(C2NC(=O)c3ccccc3N2)c1. The van der Waals surface area contributed by atoms with Gasteiger partial charge in [0, 0.05) is 12.8 Å². The molecule has 0 saturated carbocycles. The average Bonchev–Trinajstić information content (AvgIpc) is 2.55. The molecule has 1 heterocycles. The minimum atomic E-state index is -0.270. The summed E-state index contributed by atoms with van der Waals surface area (Å²) in [4.78, 5) is 12.2. The van der Waals surface area contributed by atoms with Crippen LogP contribution in [0.4, 0.5) is 5.69 Å². The molecule has 114 valence electrons. The largest absolute Gasteiger partial charge is 0.491 e. The number of amides is 1. The van der Waals surface area contributed by atoms with Crippen molar-refractivity contribution in [3.8, 4) is 5.75 Å². The monoisotopic (exact) mass is 298 g/mol. The van der Waals surface area contributed by atoms with Crippen LogP contribution in [0, 0.1) is 0 Å². The molecule has 0 fully saturated rings. The van der Waals surface area contributed by atoms with E-state index in [9.17, 15) is 4.79 Å². The van der Waals surface area contributed by atoms with Gasteiger partial charge in [-0.3, -0.25) is 4.79 Å². The van der Waals surface area contributed by atoms with Crippen molar-refractivity contribution in [2.45, 2.75) is 6.17 Å². The van der Waals surface area contributed by atoms with E-state index in [0.717, 1.165) is 17.0 Å². The summed E-state index contributed by atoms with van der Waals surface area (Å²) in [5.41, 5.74) is 2.44. The van der Waals surface area contributed by atoms with E-state index in [0.29, 0.717) is 18.8 Å². The Hall–Kier alpha value is -2.53. The minimum Gasteiger partial charge on any atom is -0.491 e. The highest BCUT2D eigenvalue weighted by Gasteiger charge is 2.24. The van der Waals surface area contributed by atoms with E-state index in [2.05, 4.69) is 10.6 Å². The Morgan fingerprint density at radius 3 is 2.77 bits per heavy atom. The van der Waals surface area contributed by atoms with Crippen LogP contribution in [-0.2, 0) is 4.74 Å². The second kappa shape index (κ2) is 6.49. The molecule has 0 aromatic heterocycles. The van der Waals surface area contributed by atoms with Crippen LogP contribution in [0.1, 0.15) is 22.1 Å². The maximum Gasteiger partial charge on any atom is 0.255 e. The molecular weight excluding hydrogens is 280 g/mol. The summed E-state index contributed by atoms with van der Waals surface area (Å²) < 4.78 is 10.6. The molecule has 2 N–H and O–H groups in total. The first-order chi connectivity index (χ1) is 10.8. The van der Waals surface area contributed by atoms with E-state index >= 15 is 0 Å². The first-order valence-corrected chi connectivity index (χ1v) is 7.16. The van der Waals surface area contributed by atoms with Gasteiger partial charge in [-0.2, -0.15) is 0 Å². The third-order valence-corrected chi connectivity index (χ3v) is 3.49. The lowest BCUT2D eigenvalue weighted by molar-refractivity contribution is 0.0935. The molecule has 2 aromatic carbocycles. The lowest BCUT2D eigenvalue weighted by Crippen LogP contribution is -2.38. The molecule has 1 unspecified atom stereocenters. The van der Waals surface area contributed by atoms with E-state index in [1.807, 2.05) is 42.5 Å². The van der Waals surface area contributed by atoms with Gasteiger partial charge in [-0.25, -0.2) is 0 Å². The minimum absolute atomic E-state index is 0.0787. The van der Waals surface area contributed by atoms with Crippen LogP contribution in [0.25, 0.3) is 0 Å². The number of rotatable bonds is 5. The predicted octanol–water partition coefficient (Wildman–Crippen LogP) is 2.57. The van der Waals surface area contributed by atoms with Crippen LogP contribution in [0.5, 0.6) is 5.75 Å². The van der Waals surface area contributed by atoms with E-state index in [1.54, 1.807) is 13.2 Å². The first kappa shape index (κ1) is 14.4. The maximum atomic E-state index is 12.2. The maximum absolute atomic E-state index is 12.2. The highest BCUT2D eigenvalue weighted by molar-refractivity contribution is 6.01. The molecule has 1 atom stereocenters. The zero-order chi connectivity index (χ0) is 15.4. The fourth-order valence-corrected chi connectivity index (χ4v) is 2.40. The Balaban J connectivity index is 1.78. The molecule has 0 spiro atoms. The Labute approximate surface area is 129 Å². The number of hydrogen-bond donors (Lipinski definition) is 2. The number of para-hydroxylation sites is 1. The molecule has 22 heavy (non-hydrogen) atoms. The van der Waals surface area contributed by atoms with E-state index in [1.165, 1.54) is 0 Å². The van der Waals surface area contributed by atoms with Gasteiger partial charge >= 0.3 is 0 Å². The first-order valence-electron chi connectivity index (χ1n) is 7.16. The van der Waals surface area contributed by atoms with E-state index < -0.39 is 0 Å². The van der Waals surface area contributed by atoms with Gasteiger partial charge in [0.1, 0.15) is 18.5 Å². The Kier molecular flexibility index (Phi) is 4.25. The summed E-state index contributed by atoms with van der Waals surface area (Å²) in [7, 11) is 1.64. The summed E-state index contributed by atoms with van der Waals surface area (Å²) in [5, 5.41) is 6.28. The van der Waals surface area contributed by atoms with Crippen molar-refractivity contribution < 1.29 is 14.3 Å². The molecular formula is C17H18N2O3. The predicted molar refractivity (Wildman–Crippen MR) is 84.1 cm³/mol. The quantitative estimate of drug-likeness (QED) is 0.833. The molecule has 3 rings (SSSR count). The summed E-state index contributed by atoms with van der Waals surface area (Å²) in [5.74, 6) is 0.675. The smallest absolute Gasteiger partial charge is 0.255 e. The lowest BCUT2D eigenvalue weighted by Gasteiger charge is -2.28. The number of fused-ring (bicyclic) bond motifs is 1. The average molecular weight is 298 g/mol. The van der Waals surface area contributed by atoms with E-state index in [-0.39, 0.29) is 12.1 Å². The normalized spacial score (nSPS) is 16.4. The Bertz CT molecular complexity index is 672. The highest BCUT2D eigenvalue weighted by Crippen LogP contribution is 2.27. The fourth-order valence-electron chi connectivity index (χ4n) is 2.40. The lowest BCUT2D eigenvalue weighted by atomic mass is 10.1. The van der Waals surface area contributed by atoms with Crippen molar-refractivity contribution in [3.05, 3.63) is 59.7 Å². The second-order valence-electron chi connectivity index (χ2n) is 5.01. The molecule has 1 aliphatic heterocycles. The molecule has 0 bridgehead atoms. The molecule has 5 nitrogen and oxygen atoms in total. The Morgan fingerprint density at radius 2 is 1.91 bits per heavy atom. The van der Waals surface area contributed by atoms with Crippen LogP contribution < -0.4 is 15.4 Å². The number of benzene rings is 2. The fraction of sp³-hybridized carbons (Fsp3) is 0.235. The van der Waals surface area contributed by atoms with Crippen LogP contribution in [0.2, 0.25) is 0 Å². The summed E-state index contributed by atoms with van der Waals surface area (Å²) in [6.45, 7) is 1.03. The van der Waals surface area contributed by atoms with Crippen molar-refractivity contribution in [1.29, 1.82) is 0 Å². The van der Waals surface area contributed by atoms with Gasteiger partial charge in [-0.15, -0.1) is 0 Å². The number of nitrogens with one attached hydrogen (secondary N) is 2. The second-order valence-corrected chi connectivity index (χ2v) is 5.01. The van der Waals surface area contributed by atoms with Gasteiger partial charge in [0.25, 0.3) is 5.91 Å². The van der Waals surface area contributed by atoms with Gasteiger partial charge in [0.05, 0.1) is 12.2 Å². The van der Waals surface area contributed by atoms with Gasteiger partial charge < -0.3 is 20.1 Å². The molecule has 2 aromatic rings. The molecule has 0 saturated heterocycles. The van der Waals surface area contributed by atoms with Gasteiger partial charge in [0.15, 0.2) is 0 Å². The molecule has 0 aliphatic carbocycles. The molecule has 5 heteroatoms. The number of methoxy groups -OCH3 is 1. The van der Waals surface area contributed by atoms with Crippen molar-refractivity contribution in [2.75, 3.05) is 25.6 Å². The zero-order valence-electron chi connectivity index (χ0n) is 12.3. The topological polar surface area (TPSA) is 59.6 Å². The number of anilines is 1. The van der Waals surface area contributed by atoms with E-state index in [4.69, 9.17) is 9.47 Å². The third-order valence-electron chi connectivity index (χ3n) is 3.49. The number of ether oxygens (including phenoxy) is 2.